The number of carbonyl (C=O) groups excluding carboxylic acids is 1. The molecule has 2 aromatic carbocycles. The molecule has 0 bridgehead atoms. The van der Waals surface area contributed by atoms with Crippen LogP contribution in [0.5, 0.6) is 0 Å². The maximum Gasteiger partial charge on any atom is 0.237 e. The molecule has 0 aliphatic carbocycles. The molecular weight excluding hydrogens is 308 g/mol. The van der Waals surface area contributed by atoms with Gasteiger partial charge in [0, 0.05) is 22.6 Å². The van der Waals surface area contributed by atoms with Gasteiger partial charge in [0.25, 0.3) is 0 Å². The highest BCUT2D eigenvalue weighted by Crippen LogP contribution is 2.15. The fourth-order valence-corrected chi connectivity index (χ4v) is 3.06. The largest absolute Gasteiger partial charge is 0.323 e. The lowest BCUT2D eigenvalue weighted by molar-refractivity contribution is -0.113. The Kier molecular flexibility index (Phi) is 5.38. The summed E-state index contributed by atoms with van der Waals surface area (Å²) in [4.78, 5) is 11.8. The summed E-state index contributed by atoms with van der Waals surface area (Å²) in [5, 5.41) is 2.30. The molecular formula is C16H15F2NO2S. The standard InChI is InChI=1S/C16H15F2NO2S/c1-11-4-2-3-5-12(11)9-22(21)10-16(20)19-15-7-6-13(17)8-14(15)18/h2-8H,9-10H2,1H3,(H,19,20)/t22-/m1/s1. The summed E-state index contributed by atoms with van der Waals surface area (Å²) in [6, 6.07) is 10.3. The van der Waals surface area contributed by atoms with Crippen molar-refractivity contribution in [1.29, 1.82) is 0 Å². The Morgan fingerprint density at radius 1 is 1.18 bits per heavy atom. The highest BCUT2D eigenvalue weighted by molar-refractivity contribution is 7.84. The first-order valence-corrected chi connectivity index (χ1v) is 8.09. The summed E-state index contributed by atoms with van der Waals surface area (Å²) >= 11 is 0. The smallest absolute Gasteiger partial charge is 0.237 e. The lowest BCUT2D eigenvalue weighted by Gasteiger charge is -2.08. The lowest BCUT2D eigenvalue weighted by atomic mass is 10.1. The van der Waals surface area contributed by atoms with Crippen LogP contribution in [0.25, 0.3) is 0 Å². The van der Waals surface area contributed by atoms with Gasteiger partial charge in [-0.2, -0.15) is 0 Å². The molecule has 3 nitrogen and oxygen atoms in total. The number of rotatable bonds is 5. The van der Waals surface area contributed by atoms with Gasteiger partial charge in [0.2, 0.25) is 5.91 Å². The van der Waals surface area contributed by atoms with E-state index in [1.165, 1.54) is 0 Å². The first-order valence-electron chi connectivity index (χ1n) is 6.60. The minimum atomic E-state index is -1.40. The van der Waals surface area contributed by atoms with E-state index in [4.69, 9.17) is 0 Å². The summed E-state index contributed by atoms with van der Waals surface area (Å²) < 4.78 is 38.2. The number of hydrogen-bond acceptors (Lipinski definition) is 2. The average molecular weight is 323 g/mol. The lowest BCUT2D eigenvalue weighted by Crippen LogP contribution is -2.21. The van der Waals surface area contributed by atoms with Crippen molar-refractivity contribution in [3.05, 3.63) is 65.2 Å². The Morgan fingerprint density at radius 2 is 1.91 bits per heavy atom. The maximum atomic E-state index is 13.4. The third-order valence-corrected chi connectivity index (χ3v) is 4.29. The van der Waals surface area contributed by atoms with Gasteiger partial charge in [0.05, 0.1) is 5.69 Å². The normalized spacial score (nSPS) is 12.0. The van der Waals surface area contributed by atoms with Crippen molar-refractivity contribution in [2.45, 2.75) is 12.7 Å². The molecule has 0 fully saturated rings. The molecule has 0 aliphatic heterocycles. The van der Waals surface area contributed by atoms with Crippen LogP contribution in [0.3, 0.4) is 0 Å². The number of halogens is 2. The number of carbonyl (C=O) groups is 1. The van der Waals surface area contributed by atoms with Crippen molar-refractivity contribution in [1.82, 2.24) is 0 Å². The van der Waals surface area contributed by atoms with Gasteiger partial charge in [-0.15, -0.1) is 0 Å². The third kappa shape index (κ3) is 4.46. The van der Waals surface area contributed by atoms with E-state index in [1.54, 1.807) is 0 Å². The first kappa shape index (κ1) is 16.3. The summed E-state index contributed by atoms with van der Waals surface area (Å²) in [6.07, 6.45) is 0. The molecule has 0 aromatic heterocycles. The van der Waals surface area contributed by atoms with E-state index in [0.29, 0.717) is 6.07 Å². The van der Waals surface area contributed by atoms with Crippen LogP contribution >= 0.6 is 0 Å². The van der Waals surface area contributed by atoms with Crippen LogP contribution in [0.2, 0.25) is 0 Å². The molecule has 1 atom stereocenters. The third-order valence-electron chi connectivity index (χ3n) is 3.08. The number of aryl methyl sites for hydroxylation is 1. The molecule has 0 radical (unpaired) electrons. The molecule has 2 aromatic rings. The van der Waals surface area contributed by atoms with E-state index in [2.05, 4.69) is 5.32 Å². The molecule has 0 spiro atoms. The first-order chi connectivity index (χ1) is 10.5. The Morgan fingerprint density at radius 3 is 2.59 bits per heavy atom. The van der Waals surface area contributed by atoms with Gasteiger partial charge in [0.15, 0.2) is 0 Å². The van der Waals surface area contributed by atoms with Gasteiger partial charge < -0.3 is 5.32 Å². The van der Waals surface area contributed by atoms with E-state index < -0.39 is 28.3 Å². The fraction of sp³-hybridized carbons (Fsp3) is 0.188. The SMILES string of the molecule is Cc1ccccc1C[S@@](=O)CC(=O)Nc1ccc(F)cc1F. The van der Waals surface area contributed by atoms with E-state index in [-0.39, 0.29) is 17.2 Å². The molecule has 22 heavy (non-hydrogen) atoms. The van der Waals surface area contributed by atoms with Gasteiger partial charge in [0.1, 0.15) is 17.4 Å². The van der Waals surface area contributed by atoms with E-state index >= 15 is 0 Å². The second kappa shape index (κ2) is 7.26. The predicted molar refractivity (Wildman–Crippen MR) is 82.9 cm³/mol. The number of anilines is 1. The minimum Gasteiger partial charge on any atom is -0.323 e. The Bertz CT molecular complexity index is 719. The molecule has 0 saturated heterocycles. The van der Waals surface area contributed by atoms with Crippen LogP contribution in [0.15, 0.2) is 42.5 Å². The Balaban J connectivity index is 1.94. The van der Waals surface area contributed by atoms with Crippen LogP contribution in [0.4, 0.5) is 14.5 Å². The van der Waals surface area contributed by atoms with Crippen molar-refractivity contribution in [3.63, 3.8) is 0 Å². The summed E-state index contributed by atoms with van der Waals surface area (Å²) in [5.74, 6) is -2.15. The Hall–Kier alpha value is -2.08. The van der Waals surface area contributed by atoms with Crippen LogP contribution in [-0.4, -0.2) is 15.9 Å². The van der Waals surface area contributed by atoms with Crippen molar-refractivity contribution in [2.24, 2.45) is 0 Å². The molecule has 0 heterocycles. The zero-order chi connectivity index (χ0) is 16.1. The highest BCUT2D eigenvalue weighted by atomic mass is 32.2. The Labute approximate surface area is 129 Å². The number of hydrogen-bond donors (Lipinski definition) is 1. The number of amides is 1. The van der Waals surface area contributed by atoms with E-state index in [1.807, 2.05) is 31.2 Å². The predicted octanol–water partition coefficient (Wildman–Crippen LogP) is 3.16. The summed E-state index contributed by atoms with van der Waals surface area (Å²) in [5.41, 5.74) is 1.78. The minimum absolute atomic E-state index is 0.126. The van der Waals surface area contributed by atoms with Gasteiger partial charge in [-0.25, -0.2) is 8.78 Å². The quantitative estimate of drug-likeness (QED) is 0.919. The fourth-order valence-electron chi connectivity index (χ4n) is 1.92. The maximum absolute atomic E-state index is 13.4. The second-order valence-corrected chi connectivity index (χ2v) is 6.28. The van der Waals surface area contributed by atoms with Crippen molar-refractivity contribution in [2.75, 3.05) is 11.1 Å². The monoisotopic (exact) mass is 323 g/mol. The summed E-state index contributed by atoms with van der Waals surface area (Å²) in [6.45, 7) is 1.90. The topological polar surface area (TPSA) is 46.2 Å². The van der Waals surface area contributed by atoms with Crippen LogP contribution in [0.1, 0.15) is 11.1 Å². The van der Waals surface area contributed by atoms with Gasteiger partial charge in [-0.05, 0) is 30.2 Å². The van der Waals surface area contributed by atoms with Crippen molar-refractivity contribution in [3.8, 4) is 0 Å². The molecule has 1 N–H and O–H groups in total. The van der Waals surface area contributed by atoms with Crippen molar-refractivity contribution < 1.29 is 17.8 Å². The van der Waals surface area contributed by atoms with Gasteiger partial charge >= 0.3 is 0 Å². The number of nitrogens with one attached hydrogen (secondary N) is 1. The average Bonchev–Trinajstić information content (AvgIpc) is 2.44. The second-order valence-electron chi connectivity index (χ2n) is 4.83. The molecule has 1 amide bonds. The van der Waals surface area contributed by atoms with Gasteiger partial charge in [-0.1, -0.05) is 24.3 Å². The van der Waals surface area contributed by atoms with Gasteiger partial charge in [-0.3, -0.25) is 9.00 Å². The zero-order valence-electron chi connectivity index (χ0n) is 11.9. The molecule has 0 aliphatic rings. The highest BCUT2D eigenvalue weighted by Gasteiger charge is 2.12. The van der Waals surface area contributed by atoms with E-state index in [9.17, 15) is 17.8 Å². The molecule has 116 valence electrons. The molecule has 6 heteroatoms. The molecule has 2 rings (SSSR count). The van der Waals surface area contributed by atoms with Crippen LogP contribution in [0, 0.1) is 18.6 Å². The summed E-state index contributed by atoms with van der Waals surface area (Å²) in [7, 11) is -1.40. The van der Waals surface area contributed by atoms with Crippen molar-refractivity contribution >= 4 is 22.4 Å². The number of benzene rings is 2. The van der Waals surface area contributed by atoms with E-state index in [0.717, 1.165) is 23.3 Å². The molecule has 0 saturated carbocycles. The molecule has 0 unspecified atom stereocenters. The van der Waals surface area contributed by atoms with Crippen LogP contribution < -0.4 is 5.32 Å². The zero-order valence-corrected chi connectivity index (χ0v) is 12.8. The van der Waals surface area contributed by atoms with Crippen LogP contribution in [-0.2, 0) is 21.3 Å².